The van der Waals surface area contributed by atoms with Crippen molar-refractivity contribution >= 4 is 16.8 Å². The van der Waals surface area contributed by atoms with Crippen LogP contribution in [0.2, 0.25) is 0 Å². The summed E-state index contributed by atoms with van der Waals surface area (Å²) in [5, 5.41) is 0. The van der Waals surface area contributed by atoms with Gasteiger partial charge in [0.15, 0.2) is 5.78 Å². The molecule has 2 aromatic rings. The number of fused-ring (bicyclic) bond motifs is 1. The maximum atomic E-state index is 11.8. The number of H-pyrrole nitrogens is 1. The molecule has 1 heterocycles. The highest BCUT2D eigenvalue weighted by molar-refractivity contribution is 5.98. The van der Waals surface area contributed by atoms with Crippen molar-refractivity contribution in [3.05, 3.63) is 29.6 Å². The van der Waals surface area contributed by atoms with Crippen molar-refractivity contribution in [1.29, 1.82) is 0 Å². The number of hydrogen-bond donors (Lipinski definition) is 2. The van der Waals surface area contributed by atoms with Crippen LogP contribution < -0.4 is 5.73 Å². The summed E-state index contributed by atoms with van der Waals surface area (Å²) in [7, 11) is 0. The molecule has 3 N–H and O–H groups in total. The summed E-state index contributed by atoms with van der Waals surface area (Å²) in [5.74, 6) is 1.00. The molecule has 0 aliphatic carbocycles. The van der Waals surface area contributed by atoms with E-state index in [9.17, 15) is 4.79 Å². The molecule has 0 aliphatic heterocycles. The van der Waals surface area contributed by atoms with Crippen molar-refractivity contribution in [3.63, 3.8) is 0 Å². The van der Waals surface area contributed by atoms with Gasteiger partial charge in [0, 0.05) is 12.0 Å². The number of Topliss-reactive ketones (excluding diaryl/α,β-unsaturated/α-hetero) is 1. The summed E-state index contributed by atoms with van der Waals surface area (Å²) in [6.07, 6.45) is 1.24. The largest absolute Gasteiger partial charge is 0.342 e. The summed E-state index contributed by atoms with van der Waals surface area (Å²) < 4.78 is 0. The minimum Gasteiger partial charge on any atom is -0.342 e. The summed E-state index contributed by atoms with van der Waals surface area (Å²) in [4.78, 5) is 19.2. The first-order valence-corrected chi connectivity index (χ1v) is 5.40. The normalized spacial score (nSPS) is 10.9. The van der Waals surface area contributed by atoms with Gasteiger partial charge in [-0.25, -0.2) is 4.98 Å². The van der Waals surface area contributed by atoms with Crippen molar-refractivity contribution in [3.8, 4) is 0 Å². The molecule has 0 radical (unpaired) electrons. The van der Waals surface area contributed by atoms with Crippen LogP contribution in [0.5, 0.6) is 0 Å². The van der Waals surface area contributed by atoms with Gasteiger partial charge in [-0.1, -0.05) is 0 Å². The van der Waals surface area contributed by atoms with Crippen LogP contribution in [0.4, 0.5) is 0 Å². The zero-order chi connectivity index (χ0) is 11.5. The molecule has 84 valence electrons. The SMILES string of the molecule is Cc1nc2ccc(C(=O)CCCN)cc2[nH]1. The highest BCUT2D eigenvalue weighted by Crippen LogP contribution is 2.15. The van der Waals surface area contributed by atoms with E-state index in [4.69, 9.17) is 5.73 Å². The number of nitrogens with two attached hydrogens (primary N) is 1. The smallest absolute Gasteiger partial charge is 0.163 e. The molecule has 0 bridgehead atoms. The molecule has 0 atom stereocenters. The quantitative estimate of drug-likeness (QED) is 0.767. The number of aromatic nitrogens is 2. The molecule has 1 aromatic carbocycles. The molecule has 4 heteroatoms. The first kappa shape index (κ1) is 10.8. The number of ketones is 1. The number of benzene rings is 1. The molecular weight excluding hydrogens is 202 g/mol. The number of hydrogen-bond acceptors (Lipinski definition) is 3. The second-order valence-electron chi connectivity index (χ2n) is 3.87. The topological polar surface area (TPSA) is 71.8 Å². The van der Waals surface area contributed by atoms with E-state index in [-0.39, 0.29) is 5.78 Å². The van der Waals surface area contributed by atoms with Gasteiger partial charge in [-0.15, -0.1) is 0 Å². The zero-order valence-corrected chi connectivity index (χ0v) is 9.29. The second kappa shape index (κ2) is 4.45. The van der Waals surface area contributed by atoms with E-state index in [0.717, 1.165) is 28.8 Å². The van der Waals surface area contributed by atoms with Gasteiger partial charge < -0.3 is 10.7 Å². The van der Waals surface area contributed by atoms with Crippen LogP contribution >= 0.6 is 0 Å². The van der Waals surface area contributed by atoms with E-state index in [1.165, 1.54) is 0 Å². The number of aryl methyl sites for hydroxylation is 1. The monoisotopic (exact) mass is 217 g/mol. The Labute approximate surface area is 93.9 Å². The molecule has 2 rings (SSSR count). The molecule has 0 unspecified atom stereocenters. The Morgan fingerprint density at radius 1 is 1.50 bits per heavy atom. The first-order valence-electron chi connectivity index (χ1n) is 5.40. The minimum absolute atomic E-state index is 0.139. The van der Waals surface area contributed by atoms with Crippen molar-refractivity contribution in [2.24, 2.45) is 5.73 Å². The average Bonchev–Trinajstić information content (AvgIpc) is 2.64. The van der Waals surface area contributed by atoms with Gasteiger partial charge in [0.2, 0.25) is 0 Å². The van der Waals surface area contributed by atoms with Gasteiger partial charge in [0.1, 0.15) is 5.82 Å². The third kappa shape index (κ3) is 2.12. The lowest BCUT2D eigenvalue weighted by Crippen LogP contribution is -2.04. The molecule has 0 saturated carbocycles. The van der Waals surface area contributed by atoms with Gasteiger partial charge in [0.05, 0.1) is 11.0 Å². The van der Waals surface area contributed by atoms with Gasteiger partial charge in [-0.05, 0) is 38.1 Å². The number of nitrogens with zero attached hydrogens (tertiary/aromatic N) is 1. The van der Waals surface area contributed by atoms with Gasteiger partial charge >= 0.3 is 0 Å². The summed E-state index contributed by atoms with van der Waals surface area (Å²) in [5.41, 5.74) is 7.92. The summed E-state index contributed by atoms with van der Waals surface area (Å²) in [6.45, 7) is 2.45. The van der Waals surface area contributed by atoms with Crippen molar-refractivity contribution in [1.82, 2.24) is 9.97 Å². The molecule has 0 aliphatic rings. The fraction of sp³-hybridized carbons (Fsp3) is 0.333. The van der Waals surface area contributed by atoms with E-state index < -0.39 is 0 Å². The van der Waals surface area contributed by atoms with Crippen LogP contribution in [0.3, 0.4) is 0 Å². The van der Waals surface area contributed by atoms with Crippen molar-refractivity contribution in [2.75, 3.05) is 6.54 Å². The van der Waals surface area contributed by atoms with E-state index in [0.29, 0.717) is 13.0 Å². The third-order valence-corrected chi connectivity index (χ3v) is 2.53. The highest BCUT2D eigenvalue weighted by Gasteiger charge is 2.07. The van der Waals surface area contributed by atoms with E-state index in [1.807, 2.05) is 25.1 Å². The van der Waals surface area contributed by atoms with Crippen LogP contribution in [0.25, 0.3) is 11.0 Å². The lowest BCUT2D eigenvalue weighted by atomic mass is 10.1. The van der Waals surface area contributed by atoms with Gasteiger partial charge in [-0.3, -0.25) is 4.79 Å². The number of nitrogens with one attached hydrogen (secondary N) is 1. The first-order chi connectivity index (χ1) is 7.70. The highest BCUT2D eigenvalue weighted by atomic mass is 16.1. The minimum atomic E-state index is 0.139. The molecule has 0 amide bonds. The lowest BCUT2D eigenvalue weighted by Gasteiger charge is -1.99. The summed E-state index contributed by atoms with van der Waals surface area (Å²) in [6, 6.07) is 5.55. The molecule has 4 nitrogen and oxygen atoms in total. The Bertz CT molecular complexity index is 516. The average molecular weight is 217 g/mol. The van der Waals surface area contributed by atoms with Crippen molar-refractivity contribution < 1.29 is 4.79 Å². The predicted octanol–water partition coefficient (Wildman–Crippen LogP) is 1.79. The van der Waals surface area contributed by atoms with Gasteiger partial charge in [-0.2, -0.15) is 0 Å². The second-order valence-corrected chi connectivity index (χ2v) is 3.87. The Hall–Kier alpha value is -1.68. The Morgan fingerprint density at radius 2 is 2.31 bits per heavy atom. The maximum Gasteiger partial charge on any atom is 0.163 e. The van der Waals surface area contributed by atoms with Crippen LogP contribution in [-0.4, -0.2) is 22.3 Å². The molecule has 0 spiro atoms. The zero-order valence-electron chi connectivity index (χ0n) is 9.29. The maximum absolute atomic E-state index is 11.8. The number of rotatable bonds is 4. The van der Waals surface area contributed by atoms with E-state index in [1.54, 1.807) is 0 Å². The Kier molecular flexibility index (Phi) is 3.01. The number of aromatic amines is 1. The number of imidazole rings is 1. The summed E-state index contributed by atoms with van der Waals surface area (Å²) >= 11 is 0. The van der Waals surface area contributed by atoms with Crippen LogP contribution in [0, 0.1) is 6.92 Å². The van der Waals surface area contributed by atoms with Crippen molar-refractivity contribution in [2.45, 2.75) is 19.8 Å². The number of carbonyl (C=O) groups excluding carboxylic acids is 1. The standard InChI is InChI=1S/C12H15N3O/c1-8-14-10-5-4-9(7-11(10)15-8)12(16)3-2-6-13/h4-5,7H,2-3,6,13H2,1H3,(H,14,15). The van der Waals surface area contributed by atoms with Gasteiger partial charge in [0.25, 0.3) is 0 Å². The lowest BCUT2D eigenvalue weighted by molar-refractivity contribution is 0.0981. The van der Waals surface area contributed by atoms with E-state index >= 15 is 0 Å². The van der Waals surface area contributed by atoms with Crippen LogP contribution in [-0.2, 0) is 0 Å². The predicted molar refractivity (Wildman–Crippen MR) is 63.4 cm³/mol. The number of carbonyl (C=O) groups is 1. The van der Waals surface area contributed by atoms with E-state index in [2.05, 4.69) is 9.97 Å². The molecule has 0 fully saturated rings. The molecule has 16 heavy (non-hydrogen) atoms. The molecule has 1 aromatic heterocycles. The van der Waals surface area contributed by atoms with Crippen LogP contribution in [0.15, 0.2) is 18.2 Å². The Balaban J connectivity index is 2.28. The fourth-order valence-corrected chi connectivity index (χ4v) is 1.72. The molecular formula is C12H15N3O. The molecule has 0 saturated heterocycles. The van der Waals surface area contributed by atoms with Crippen LogP contribution in [0.1, 0.15) is 29.0 Å². The fourth-order valence-electron chi connectivity index (χ4n) is 1.72. The Morgan fingerprint density at radius 3 is 3.06 bits per heavy atom. The third-order valence-electron chi connectivity index (χ3n) is 2.53.